The van der Waals surface area contributed by atoms with Gasteiger partial charge in [-0.05, 0) is 45.0 Å². The summed E-state index contributed by atoms with van der Waals surface area (Å²) in [6.45, 7) is 4.78. The summed E-state index contributed by atoms with van der Waals surface area (Å²) in [6.07, 6.45) is 1.94. The maximum Gasteiger partial charge on any atom is 0.223 e. The molecule has 3 nitrogen and oxygen atoms in total. The summed E-state index contributed by atoms with van der Waals surface area (Å²) in [5.41, 5.74) is 1.28. The normalized spacial score (nSPS) is 16.3. The van der Waals surface area contributed by atoms with Crippen LogP contribution in [0.15, 0.2) is 29.2 Å². The van der Waals surface area contributed by atoms with Crippen LogP contribution in [0.3, 0.4) is 0 Å². The molecule has 1 aliphatic rings. The van der Waals surface area contributed by atoms with Gasteiger partial charge in [0.05, 0.1) is 0 Å². The van der Waals surface area contributed by atoms with Gasteiger partial charge in [0, 0.05) is 23.1 Å². The SMILES string of the molecule is Cc1ccc(SCCNC(=O)C2CCNCC2)cc1. The van der Waals surface area contributed by atoms with E-state index in [1.54, 1.807) is 11.8 Å². The topological polar surface area (TPSA) is 41.1 Å². The smallest absolute Gasteiger partial charge is 0.223 e. The van der Waals surface area contributed by atoms with Crippen molar-refractivity contribution in [2.75, 3.05) is 25.4 Å². The van der Waals surface area contributed by atoms with Crippen LogP contribution in [-0.2, 0) is 4.79 Å². The van der Waals surface area contributed by atoms with Gasteiger partial charge in [0.25, 0.3) is 0 Å². The Morgan fingerprint density at radius 1 is 1.32 bits per heavy atom. The summed E-state index contributed by atoms with van der Waals surface area (Å²) in [4.78, 5) is 13.2. The quantitative estimate of drug-likeness (QED) is 0.641. The molecule has 0 spiro atoms. The van der Waals surface area contributed by atoms with E-state index in [1.165, 1.54) is 10.5 Å². The Morgan fingerprint density at radius 3 is 2.68 bits per heavy atom. The molecule has 104 valence electrons. The summed E-state index contributed by atoms with van der Waals surface area (Å²) in [7, 11) is 0. The lowest BCUT2D eigenvalue weighted by Gasteiger charge is -2.21. The van der Waals surface area contributed by atoms with Crippen LogP contribution in [0.25, 0.3) is 0 Å². The molecule has 1 aliphatic heterocycles. The Bertz CT molecular complexity index is 399. The molecule has 1 fully saturated rings. The number of carbonyl (C=O) groups excluding carboxylic acids is 1. The van der Waals surface area contributed by atoms with Gasteiger partial charge in [-0.1, -0.05) is 17.7 Å². The second kappa shape index (κ2) is 7.56. The van der Waals surface area contributed by atoms with Gasteiger partial charge in [0.2, 0.25) is 5.91 Å². The molecule has 1 saturated heterocycles. The predicted molar refractivity (Wildman–Crippen MR) is 80.5 cm³/mol. The zero-order chi connectivity index (χ0) is 13.5. The highest BCUT2D eigenvalue weighted by Crippen LogP contribution is 2.17. The third kappa shape index (κ3) is 4.88. The maximum atomic E-state index is 11.9. The van der Waals surface area contributed by atoms with Crippen molar-refractivity contribution in [3.63, 3.8) is 0 Å². The summed E-state index contributed by atoms with van der Waals surface area (Å²) in [5, 5.41) is 6.33. The van der Waals surface area contributed by atoms with Crippen LogP contribution in [0, 0.1) is 12.8 Å². The Kier molecular flexibility index (Phi) is 5.73. The first kappa shape index (κ1) is 14.4. The van der Waals surface area contributed by atoms with Crippen LogP contribution < -0.4 is 10.6 Å². The third-order valence-corrected chi connectivity index (χ3v) is 4.41. The molecule has 0 bridgehead atoms. The molecule has 0 aliphatic carbocycles. The lowest BCUT2D eigenvalue weighted by atomic mass is 9.97. The van der Waals surface area contributed by atoms with Crippen LogP contribution in [0.1, 0.15) is 18.4 Å². The van der Waals surface area contributed by atoms with E-state index in [4.69, 9.17) is 0 Å². The summed E-state index contributed by atoms with van der Waals surface area (Å²) in [5.74, 6) is 1.37. The molecule has 0 unspecified atom stereocenters. The first-order valence-electron chi connectivity index (χ1n) is 6.93. The summed E-state index contributed by atoms with van der Waals surface area (Å²) < 4.78 is 0. The van der Waals surface area contributed by atoms with Crippen LogP contribution in [0.5, 0.6) is 0 Å². The molecule has 4 heteroatoms. The average Bonchev–Trinajstić information content (AvgIpc) is 2.46. The Morgan fingerprint density at radius 2 is 2.00 bits per heavy atom. The number of carbonyl (C=O) groups is 1. The van der Waals surface area contributed by atoms with Gasteiger partial charge in [-0.2, -0.15) is 0 Å². The van der Waals surface area contributed by atoms with Crippen molar-refractivity contribution in [2.45, 2.75) is 24.7 Å². The number of benzene rings is 1. The minimum atomic E-state index is 0.214. The Labute approximate surface area is 119 Å². The molecule has 2 rings (SSSR count). The molecule has 2 N–H and O–H groups in total. The van der Waals surface area contributed by atoms with Crippen molar-refractivity contribution in [2.24, 2.45) is 5.92 Å². The van der Waals surface area contributed by atoms with Crippen molar-refractivity contribution in [3.05, 3.63) is 29.8 Å². The highest BCUT2D eigenvalue weighted by Gasteiger charge is 2.19. The van der Waals surface area contributed by atoms with Crippen molar-refractivity contribution < 1.29 is 4.79 Å². The fraction of sp³-hybridized carbons (Fsp3) is 0.533. The molecule has 1 aromatic rings. The Hall–Kier alpha value is -1.00. The van der Waals surface area contributed by atoms with Gasteiger partial charge in [-0.15, -0.1) is 11.8 Å². The van der Waals surface area contributed by atoms with Gasteiger partial charge in [0.1, 0.15) is 0 Å². The predicted octanol–water partition coefficient (Wildman–Crippen LogP) is 2.20. The molecular formula is C15H22N2OS. The number of amides is 1. The molecule has 1 aromatic carbocycles. The van der Waals surface area contributed by atoms with Crippen molar-refractivity contribution in [1.82, 2.24) is 10.6 Å². The fourth-order valence-corrected chi connectivity index (χ4v) is 2.97. The van der Waals surface area contributed by atoms with Gasteiger partial charge in [-0.25, -0.2) is 0 Å². The molecule has 19 heavy (non-hydrogen) atoms. The van der Waals surface area contributed by atoms with E-state index >= 15 is 0 Å². The van der Waals surface area contributed by atoms with Gasteiger partial charge >= 0.3 is 0 Å². The minimum Gasteiger partial charge on any atom is -0.355 e. The summed E-state index contributed by atoms with van der Waals surface area (Å²) >= 11 is 1.79. The molecule has 0 atom stereocenters. The first-order valence-corrected chi connectivity index (χ1v) is 7.92. The van der Waals surface area contributed by atoms with Gasteiger partial charge in [0.15, 0.2) is 0 Å². The summed E-state index contributed by atoms with van der Waals surface area (Å²) in [6, 6.07) is 8.51. The van der Waals surface area contributed by atoms with Gasteiger partial charge < -0.3 is 10.6 Å². The van der Waals surface area contributed by atoms with E-state index in [0.717, 1.165) is 38.2 Å². The fourth-order valence-electron chi connectivity index (χ4n) is 2.21. The number of aryl methyl sites for hydroxylation is 1. The van der Waals surface area contributed by atoms with E-state index in [-0.39, 0.29) is 11.8 Å². The van der Waals surface area contributed by atoms with Crippen molar-refractivity contribution >= 4 is 17.7 Å². The lowest BCUT2D eigenvalue weighted by molar-refractivity contribution is -0.125. The number of rotatable bonds is 5. The molecule has 1 heterocycles. The number of hydrogen-bond acceptors (Lipinski definition) is 3. The van der Waals surface area contributed by atoms with E-state index in [2.05, 4.69) is 41.8 Å². The van der Waals surface area contributed by atoms with Crippen LogP contribution in [0.4, 0.5) is 0 Å². The van der Waals surface area contributed by atoms with Crippen molar-refractivity contribution in [3.8, 4) is 0 Å². The number of thioether (sulfide) groups is 1. The largest absolute Gasteiger partial charge is 0.355 e. The average molecular weight is 278 g/mol. The Balaban J connectivity index is 1.63. The first-order chi connectivity index (χ1) is 9.25. The number of nitrogens with one attached hydrogen (secondary N) is 2. The number of hydrogen-bond donors (Lipinski definition) is 2. The van der Waals surface area contributed by atoms with Crippen LogP contribution in [-0.4, -0.2) is 31.3 Å². The number of piperidine rings is 1. The monoisotopic (exact) mass is 278 g/mol. The third-order valence-electron chi connectivity index (χ3n) is 3.40. The standard InChI is InChI=1S/C15H22N2OS/c1-12-2-4-14(5-3-12)19-11-10-17-15(18)13-6-8-16-9-7-13/h2-5,13,16H,6-11H2,1H3,(H,17,18). The van der Waals surface area contributed by atoms with E-state index in [0.29, 0.717) is 0 Å². The zero-order valence-electron chi connectivity index (χ0n) is 11.4. The van der Waals surface area contributed by atoms with Crippen molar-refractivity contribution in [1.29, 1.82) is 0 Å². The van der Waals surface area contributed by atoms with Gasteiger partial charge in [-0.3, -0.25) is 4.79 Å². The minimum absolute atomic E-state index is 0.214. The molecular weight excluding hydrogens is 256 g/mol. The zero-order valence-corrected chi connectivity index (χ0v) is 12.3. The van der Waals surface area contributed by atoms with E-state index < -0.39 is 0 Å². The molecule has 1 amide bonds. The second-order valence-electron chi connectivity index (χ2n) is 4.98. The second-order valence-corrected chi connectivity index (χ2v) is 6.15. The van der Waals surface area contributed by atoms with E-state index in [1.807, 2.05) is 0 Å². The lowest BCUT2D eigenvalue weighted by Crippen LogP contribution is -2.38. The van der Waals surface area contributed by atoms with Crippen LogP contribution >= 0.6 is 11.8 Å². The van der Waals surface area contributed by atoms with E-state index in [9.17, 15) is 4.79 Å². The molecule has 0 radical (unpaired) electrons. The highest BCUT2D eigenvalue weighted by molar-refractivity contribution is 7.99. The maximum absolute atomic E-state index is 11.9. The van der Waals surface area contributed by atoms with Crippen LogP contribution in [0.2, 0.25) is 0 Å². The highest BCUT2D eigenvalue weighted by atomic mass is 32.2. The molecule has 0 aromatic heterocycles. The molecule has 0 saturated carbocycles.